The normalized spacial score (nSPS) is 12.3. The number of benzene rings is 3. The summed E-state index contributed by atoms with van der Waals surface area (Å²) in [6.07, 6.45) is 0.521. The molecule has 0 heterocycles. The van der Waals surface area contributed by atoms with Gasteiger partial charge in [-0.25, -0.2) is 0 Å². The summed E-state index contributed by atoms with van der Waals surface area (Å²) < 4.78 is 22.9. The molecule has 0 saturated heterocycles. The second-order valence-corrected chi connectivity index (χ2v) is 10.4. The molecule has 2 unspecified atom stereocenters. The molecule has 7 nitrogen and oxygen atoms in total. The molecular weight excluding hydrogens is 523 g/mol. The van der Waals surface area contributed by atoms with Gasteiger partial charge in [-0.3, -0.25) is 10.1 Å². The van der Waals surface area contributed by atoms with Gasteiger partial charge in [-0.1, -0.05) is 66.4 Å². The van der Waals surface area contributed by atoms with Crippen molar-refractivity contribution in [2.45, 2.75) is 38.6 Å². The molecule has 0 saturated carbocycles. The standard InChI is InChI=1S/C32H39N2O5P/c1-5-38-40(39-6-2)31(34-24-26-13-8-7-9-14-26)28-18-11-19-29(23-28)37-20-12-17-25-15-10-16-27(21-25)22-30(33-3)32(35)36-4/h7-11,13-16,18-19,21,23,30-31,33-34H,5-6,20,22,24H2,1-4H3. The Morgan fingerprint density at radius 1 is 0.925 bits per heavy atom. The van der Waals surface area contributed by atoms with Gasteiger partial charge < -0.3 is 23.8 Å². The smallest absolute Gasteiger partial charge is 0.323 e. The van der Waals surface area contributed by atoms with Crippen LogP contribution in [0.25, 0.3) is 0 Å². The van der Waals surface area contributed by atoms with Gasteiger partial charge in [-0.15, -0.1) is 0 Å². The zero-order chi connectivity index (χ0) is 28.6. The van der Waals surface area contributed by atoms with E-state index in [1.807, 2.05) is 74.5 Å². The van der Waals surface area contributed by atoms with Gasteiger partial charge in [0.15, 0.2) is 8.38 Å². The van der Waals surface area contributed by atoms with Crippen LogP contribution in [0.5, 0.6) is 5.75 Å². The van der Waals surface area contributed by atoms with Gasteiger partial charge in [0.1, 0.15) is 24.2 Å². The van der Waals surface area contributed by atoms with Gasteiger partial charge in [0.2, 0.25) is 0 Å². The van der Waals surface area contributed by atoms with Crippen LogP contribution < -0.4 is 15.4 Å². The molecule has 0 radical (unpaired) electrons. The SMILES string of the molecule is CCOP(OCC)C(NCc1ccccc1)c1cccc(OCC#Cc2cccc(CC(NC)C(=O)OC)c2)c1. The van der Waals surface area contributed by atoms with Crippen molar-refractivity contribution in [1.82, 2.24) is 10.6 Å². The van der Waals surface area contributed by atoms with E-state index in [9.17, 15) is 4.79 Å². The molecule has 2 atom stereocenters. The van der Waals surface area contributed by atoms with Gasteiger partial charge in [0, 0.05) is 12.1 Å². The predicted octanol–water partition coefficient (Wildman–Crippen LogP) is 5.59. The highest BCUT2D eigenvalue weighted by Crippen LogP contribution is 2.51. The van der Waals surface area contributed by atoms with Gasteiger partial charge in [0.25, 0.3) is 0 Å². The van der Waals surface area contributed by atoms with E-state index < -0.39 is 14.4 Å². The molecule has 40 heavy (non-hydrogen) atoms. The van der Waals surface area contributed by atoms with E-state index in [0.29, 0.717) is 26.2 Å². The summed E-state index contributed by atoms with van der Waals surface area (Å²) >= 11 is 0. The zero-order valence-corrected chi connectivity index (χ0v) is 24.6. The Balaban J connectivity index is 1.68. The Hall–Kier alpha value is -3.24. The van der Waals surface area contributed by atoms with E-state index in [0.717, 1.165) is 22.4 Å². The van der Waals surface area contributed by atoms with Crippen molar-refractivity contribution in [1.29, 1.82) is 0 Å². The zero-order valence-electron chi connectivity index (χ0n) is 23.7. The summed E-state index contributed by atoms with van der Waals surface area (Å²) in [5.41, 5.74) is 4.08. The molecule has 2 N–H and O–H groups in total. The summed E-state index contributed by atoms with van der Waals surface area (Å²) in [6.45, 7) is 6.03. The Kier molecular flexibility index (Phi) is 13.7. The monoisotopic (exact) mass is 562 g/mol. The maximum atomic E-state index is 11.9. The Morgan fingerprint density at radius 3 is 2.35 bits per heavy atom. The quantitative estimate of drug-likeness (QED) is 0.142. The number of nitrogens with one attached hydrogen (secondary N) is 2. The number of rotatable bonds is 15. The van der Waals surface area contributed by atoms with Crippen molar-refractivity contribution in [3.8, 4) is 17.6 Å². The molecule has 0 aliphatic carbocycles. The molecular formula is C32H39N2O5P. The maximum absolute atomic E-state index is 11.9. The number of likely N-dealkylation sites (N-methyl/N-ethyl adjacent to an activating group) is 1. The number of ether oxygens (including phenoxy) is 2. The van der Waals surface area contributed by atoms with Crippen LogP contribution in [0.3, 0.4) is 0 Å². The summed E-state index contributed by atoms with van der Waals surface area (Å²) in [5, 5.41) is 6.62. The molecule has 3 aromatic carbocycles. The number of esters is 1. The van der Waals surface area contributed by atoms with Crippen LogP contribution in [0.1, 0.15) is 41.9 Å². The molecule has 8 heteroatoms. The van der Waals surface area contributed by atoms with E-state index in [-0.39, 0.29) is 18.4 Å². The molecule has 0 bridgehead atoms. The van der Waals surface area contributed by atoms with E-state index in [1.54, 1.807) is 7.05 Å². The van der Waals surface area contributed by atoms with E-state index in [2.05, 4.69) is 40.7 Å². The summed E-state index contributed by atoms with van der Waals surface area (Å²) in [4.78, 5) is 11.9. The largest absolute Gasteiger partial charge is 0.481 e. The number of hydrogen-bond donors (Lipinski definition) is 2. The third-order valence-corrected chi connectivity index (χ3v) is 7.91. The number of hydrogen-bond acceptors (Lipinski definition) is 7. The van der Waals surface area contributed by atoms with Crippen LogP contribution in [-0.4, -0.2) is 46.0 Å². The van der Waals surface area contributed by atoms with Crippen molar-refractivity contribution in [3.63, 3.8) is 0 Å². The third-order valence-electron chi connectivity index (χ3n) is 5.98. The lowest BCUT2D eigenvalue weighted by molar-refractivity contribution is -0.142. The molecule has 3 aromatic rings. The molecule has 0 aliphatic rings. The molecule has 0 fully saturated rings. The van der Waals surface area contributed by atoms with E-state index in [1.165, 1.54) is 12.7 Å². The predicted molar refractivity (Wildman–Crippen MR) is 160 cm³/mol. The van der Waals surface area contributed by atoms with E-state index in [4.69, 9.17) is 18.5 Å². The van der Waals surface area contributed by atoms with E-state index >= 15 is 0 Å². The minimum Gasteiger partial charge on any atom is -0.481 e. The number of carbonyl (C=O) groups is 1. The van der Waals surface area contributed by atoms with Crippen molar-refractivity contribution in [2.24, 2.45) is 0 Å². The van der Waals surface area contributed by atoms with Gasteiger partial charge in [-0.05, 0) is 68.3 Å². The Morgan fingerprint density at radius 2 is 1.65 bits per heavy atom. The van der Waals surface area contributed by atoms with Crippen LogP contribution in [0.4, 0.5) is 0 Å². The van der Waals surface area contributed by atoms with Crippen LogP contribution in [0.15, 0.2) is 78.9 Å². The second kappa shape index (κ2) is 17.5. The average molecular weight is 563 g/mol. The second-order valence-electron chi connectivity index (χ2n) is 8.82. The fourth-order valence-corrected chi connectivity index (χ4v) is 5.58. The molecule has 0 amide bonds. The van der Waals surface area contributed by atoms with Gasteiger partial charge in [0.05, 0.1) is 20.3 Å². The summed E-state index contributed by atoms with van der Waals surface area (Å²) in [7, 11) is 1.94. The Bertz CT molecular complexity index is 1240. The highest BCUT2D eigenvalue weighted by atomic mass is 31.2. The van der Waals surface area contributed by atoms with Crippen LogP contribution in [-0.2, 0) is 31.5 Å². The molecule has 3 rings (SSSR count). The molecule has 0 aliphatic heterocycles. The molecule has 212 valence electrons. The van der Waals surface area contributed by atoms with Gasteiger partial charge in [-0.2, -0.15) is 0 Å². The lowest BCUT2D eigenvalue weighted by Gasteiger charge is -2.27. The minimum atomic E-state index is -1.20. The minimum absolute atomic E-state index is 0.126. The first-order chi connectivity index (χ1) is 19.6. The summed E-state index contributed by atoms with van der Waals surface area (Å²) in [6, 6.07) is 25.7. The van der Waals surface area contributed by atoms with Crippen LogP contribution in [0.2, 0.25) is 0 Å². The van der Waals surface area contributed by atoms with Crippen molar-refractivity contribution in [3.05, 3.63) is 101 Å². The first kappa shape index (κ1) is 31.3. The average Bonchev–Trinajstić information content (AvgIpc) is 2.99. The lowest BCUT2D eigenvalue weighted by atomic mass is 10.0. The number of methoxy groups -OCH3 is 1. The van der Waals surface area contributed by atoms with Crippen LogP contribution in [0, 0.1) is 11.8 Å². The van der Waals surface area contributed by atoms with Crippen LogP contribution >= 0.6 is 8.38 Å². The first-order valence-electron chi connectivity index (χ1n) is 13.5. The fraction of sp³-hybridized carbons (Fsp3) is 0.344. The highest BCUT2D eigenvalue weighted by molar-refractivity contribution is 7.47. The first-order valence-corrected chi connectivity index (χ1v) is 14.7. The third kappa shape index (κ3) is 10.1. The van der Waals surface area contributed by atoms with Crippen molar-refractivity contribution < 1.29 is 23.3 Å². The molecule has 0 spiro atoms. The van der Waals surface area contributed by atoms with Crippen molar-refractivity contribution in [2.75, 3.05) is 34.0 Å². The lowest BCUT2D eigenvalue weighted by Crippen LogP contribution is -2.36. The summed E-state index contributed by atoms with van der Waals surface area (Å²) in [5.74, 6) is 6.56. The van der Waals surface area contributed by atoms with Gasteiger partial charge >= 0.3 is 5.97 Å². The maximum Gasteiger partial charge on any atom is 0.323 e. The highest BCUT2D eigenvalue weighted by Gasteiger charge is 2.25. The molecule has 0 aromatic heterocycles. The fourth-order valence-electron chi connectivity index (χ4n) is 4.05. The topological polar surface area (TPSA) is 78.0 Å². The Labute approximate surface area is 239 Å². The number of carbonyl (C=O) groups excluding carboxylic acids is 1. The van der Waals surface area contributed by atoms with Crippen molar-refractivity contribution >= 4 is 14.3 Å².